The van der Waals surface area contributed by atoms with Gasteiger partial charge >= 0.3 is 19.5 Å². The maximum atomic E-state index is 8.25. The Hall–Kier alpha value is -0.833. The van der Waals surface area contributed by atoms with Gasteiger partial charge in [0.1, 0.15) is 0 Å². The summed E-state index contributed by atoms with van der Waals surface area (Å²) >= 11 is 0. The van der Waals surface area contributed by atoms with Gasteiger partial charge in [0, 0.05) is 19.5 Å². The van der Waals surface area contributed by atoms with E-state index >= 15 is 0 Å². The van der Waals surface area contributed by atoms with Gasteiger partial charge < -0.3 is 96.4 Å². The Labute approximate surface area is 146 Å². The minimum absolute atomic E-state index is 0. The Bertz CT molecular complexity index is 77.1. The molecule has 24 N–H and O–H groups in total. The number of nitrogens with zero attached hydrogens (tertiary/aromatic N) is 2. The summed E-state index contributed by atoms with van der Waals surface area (Å²) in [5, 5.41) is 29.5. The van der Waals surface area contributed by atoms with Gasteiger partial charge in [-0.1, -0.05) is 0 Å². The largest absolute Gasteiger partial charge is 2.00 e. The molecular formula is H24N2O18Zn2. The van der Waals surface area contributed by atoms with E-state index in [1.54, 1.807) is 0 Å². The number of hydrogen-bond acceptors (Lipinski definition) is 6. The zero-order valence-electron chi connectivity index (χ0n) is 10.8. The molecular weight excluding hydrogens is 447 g/mol. The van der Waals surface area contributed by atoms with Gasteiger partial charge in [0.15, 0.2) is 0 Å². The second kappa shape index (κ2) is 278. The SMILES string of the molecule is O.O.O.O.O.O.O.O.O.O.O.O.O=[N+]([O-])[O-].O=[N+]([O-])[O-].[Zn+2].[Zn]. The van der Waals surface area contributed by atoms with Crippen molar-refractivity contribution in [2.24, 2.45) is 0 Å². The molecule has 0 radical (unpaired) electrons. The molecule has 0 saturated carbocycles. The fourth-order valence-electron chi connectivity index (χ4n) is 0. The molecule has 20 nitrogen and oxygen atoms in total. The van der Waals surface area contributed by atoms with Gasteiger partial charge in [-0.3, -0.25) is 0 Å². The third-order valence-electron chi connectivity index (χ3n) is 0. The first-order chi connectivity index (χ1) is 3.46. The normalized spacial score (nSPS) is 2.18. The van der Waals surface area contributed by atoms with Crippen molar-refractivity contribution in [1.29, 1.82) is 0 Å². The average Bonchev–Trinajstić information content (AvgIpc) is 1.25. The summed E-state index contributed by atoms with van der Waals surface area (Å²) in [6, 6.07) is 0. The second-order valence-corrected chi connectivity index (χ2v) is 0.447. The van der Waals surface area contributed by atoms with Crippen molar-refractivity contribution in [3.05, 3.63) is 30.6 Å². The molecule has 0 aliphatic carbocycles. The monoisotopic (exact) mass is 468 g/mol. The molecule has 0 aromatic rings. The van der Waals surface area contributed by atoms with Crippen molar-refractivity contribution in [2.45, 2.75) is 0 Å². The molecule has 0 bridgehead atoms. The van der Waals surface area contributed by atoms with E-state index in [2.05, 4.69) is 0 Å². The van der Waals surface area contributed by atoms with Gasteiger partial charge in [0.2, 0.25) is 0 Å². The van der Waals surface area contributed by atoms with Crippen LogP contribution in [0.5, 0.6) is 0 Å². The first-order valence-corrected chi connectivity index (χ1v) is 1.10. The Morgan fingerprint density at radius 1 is 0.409 bits per heavy atom. The summed E-state index contributed by atoms with van der Waals surface area (Å²) in [5.74, 6) is 0. The van der Waals surface area contributed by atoms with Crippen LogP contribution in [0.1, 0.15) is 0 Å². The molecule has 0 fully saturated rings. The molecule has 146 valence electrons. The average molecular weight is 471 g/mol. The topological polar surface area (TPSA) is 510 Å². The molecule has 0 heterocycles. The van der Waals surface area contributed by atoms with E-state index in [9.17, 15) is 0 Å². The summed E-state index contributed by atoms with van der Waals surface area (Å²) in [5.41, 5.74) is 0. The van der Waals surface area contributed by atoms with E-state index in [0.29, 0.717) is 0 Å². The maximum Gasteiger partial charge on any atom is 2.00 e. The van der Waals surface area contributed by atoms with Gasteiger partial charge in [-0.2, -0.15) is 0 Å². The van der Waals surface area contributed by atoms with Crippen molar-refractivity contribution in [3.63, 3.8) is 0 Å². The molecule has 22 heavy (non-hydrogen) atoms. The van der Waals surface area contributed by atoms with E-state index in [1.807, 2.05) is 0 Å². The van der Waals surface area contributed by atoms with E-state index in [4.69, 9.17) is 30.6 Å². The summed E-state index contributed by atoms with van der Waals surface area (Å²) in [6.45, 7) is 0. The molecule has 0 unspecified atom stereocenters. The molecule has 0 atom stereocenters. The van der Waals surface area contributed by atoms with Crippen LogP contribution in [0.3, 0.4) is 0 Å². The van der Waals surface area contributed by atoms with E-state index in [0.717, 1.165) is 0 Å². The first kappa shape index (κ1) is 322. The summed E-state index contributed by atoms with van der Waals surface area (Å²) in [7, 11) is 0. The van der Waals surface area contributed by atoms with E-state index < -0.39 is 10.2 Å². The van der Waals surface area contributed by atoms with Crippen LogP contribution in [0.4, 0.5) is 0 Å². The van der Waals surface area contributed by atoms with Crippen LogP contribution in [0, 0.1) is 30.6 Å². The smallest absolute Gasteiger partial charge is 0.412 e. The molecule has 0 rings (SSSR count). The number of hydrogen-bond donors (Lipinski definition) is 0. The van der Waals surface area contributed by atoms with Crippen LogP contribution >= 0.6 is 0 Å². The van der Waals surface area contributed by atoms with Gasteiger partial charge in [-0.15, -0.1) is 0 Å². The Balaban J connectivity index is -0.00000000143. The fraction of sp³-hybridized carbons (Fsp3) is 0. The second-order valence-electron chi connectivity index (χ2n) is 0.447. The Morgan fingerprint density at radius 3 is 0.409 bits per heavy atom. The third-order valence-corrected chi connectivity index (χ3v) is 0. The molecule has 0 amide bonds. The standard InChI is InChI=1S/2NO3.12H2O.2Zn/c2*2-1(3)4;;;;;;;;;;;;;;/h;;12*1H2;;/q2*-1;;;;;;;;;;;;;;+2. The maximum absolute atomic E-state index is 8.25. The zero-order chi connectivity index (χ0) is 7.15. The van der Waals surface area contributed by atoms with Crippen LogP contribution in [0.15, 0.2) is 0 Å². The molecule has 0 aliphatic heterocycles. The van der Waals surface area contributed by atoms with Crippen molar-refractivity contribution in [1.82, 2.24) is 0 Å². The van der Waals surface area contributed by atoms with E-state index in [-0.39, 0.29) is 105 Å². The van der Waals surface area contributed by atoms with Gasteiger partial charge in [-0.25, -0.2) is 0 Å². The predicted molar refractivity (Wildman–Crippen MR) is 64.1 cm³/mol. The van der Waals surface area contributed by atoms with Crippen LogP contribution in [-0.4, -0.2) is 75.9 Å². The predicted octanol–water partition coefficient (Wildman–Crippen LogP) is -10.4. The summed E-state index contributed by atoms with van der Waals surface area (Å²) in [4.78, 5) is 16.5. The number of rotatable bonds is 0. The van der Waals surface area contributed by atoms with Crippen LogP contribution in [-0.2, 0) is 39.0 Å². The summed E-state index contributed by atoms with van der Waals surface area (Å²) < 4.78 is 0. The van der Waals surface area contributed by atoms with Crippen molar-refractivity contribution in [2.75, 3.05) is 0 Å². The molecule has 22 heteroatoms. The molecule has 0 saturated heterocycles. The van der Waals surface area contributed by atoms with Crippen molar-refractivity contribution in [3.8, 4) is 0 Å². The van der Waals surface area contributed by atoms with E-state index in [1.165, 1.54) is 0 Å². The molecule has 0 aromatic heterocycles. The molecule has 0 aromatic carbocycles. The minimum atomic E-state index is -1.75. The van der Waals surface area contributed by atoms with Crippen LogP contribution < -0.4 is 0 Å². The van der Waals surface area contributed by atoms with Crippen molar-refractivity contribution >= 4 is 0 Å². The van der Waals surface area contributed by atoms with Crippen molar-refractivity contribution < 1.29 is 115 Å². The zero-order valence-corrected chi connectivity index (χ0v) is 16.7. The van der Waals surface area contributed by atoms with Crippen LogP contribution in [0.25, 0.3) is 0 Å². The minimum Gasteiger partial charge on any atom is -0.412 e. The molecule has 0 spiro atoms. The fourth-order valence-corrected chi connectivity index (χ4v) is 0. The quantitative estimate of drug-likeness (QED) is 0.187. The van der Waals surface area contributed by atoms with Gasteiger partial charge in [-0.05, 0) is 0 Å². The first-order valence-electron chi connectivity index (χ1n) is 1.10. The van der Waals surface area contributed by atoms with Gasteiger partial charge in [0.25, 0.3) is 0 Å². The molecule has 0 aliphatic rings. The van der Waals surface area contributed by atoms with Gasteiger partial charge in [0.05, 0.1) is 10.2 Å². The van der Waals surface area contributed by atoms with Crippen LogP contribution in [0.2, 0.25) is 0 Å². The summed E-state index contributed by atoms with van der Waals surface area (Å²) in [6.07, 6.45) is 0. The Kier molecular flexibility index (Phi) is 4070. The third kappa shape index (κ3) is 9110. The Morgan fingerprint density at radius 2 is 0.409 bits per heavy atom.